The van der Waals surface area contributed by atoms with E-state index in [1.807, 2.05) is 0 Å². The number of nitrogens with one attached hydrogen (secondary N) is 1. The summed E-state index contributed by atoms with van der Waals surface area (Å²) >= 11 is 3.56. The van der Waals surface area contributed by atoms with Crippen molar-refractivity contribution in [2.75, 3.05) is 5.32 Å². The quantitative estimate of drug-likeness (QED) is 0.749. The van der Waals surface area contributed by atoms with E-state index in [4.69, 9.17) is 0 Å². The molecule has 1 fully saturated rings. The third kappa shape index (κ3) is 3.01. The van der Waals surface area contributed by atoms with Crippen LogP contribution in [0.15, 0.2) is 40.9 Å². The zero-order valence-corrected chi connectivity index (χ0v) is 14.5. The van der Waals surface area contributed by atoms with E-state index in [1.165, 1.54) is 40.8 Å². The van der Waals surface area contributed by atoms with Crippen LogP contribution in [0.2, 0.25) is 0 Å². The van der Waals surface area contributed by atoms with E-state index in [9.17, 15) is 0 Å². The Hall–Kier alpha value is -1.28. The summed E-state index contributed by atoms with van der Waals surface area (Å²) in [6.07, 6.45) is 2.47. The first-order valence-electron chi connectivity index (χ1n) is 7.63. The third-order valence-electron chi connectivity index (χ3n) is 4.61. The van der Waals surface area contributed by atoms with Gasteiger partial charge in [-0.2, -0.15) is 0 Å². The number of aryl methyl sites for hydroxylation is 3. The third-order valence-corrected chi connectivity index (χ3v) is 5.07. The molecular formula is C19H22BrN. The van der Waals surface area contributed by atoms with Crippen molar-refractivity contribution in [1.82, 2.24) is 0 Å². The predicted molar refractivity (Wildman–Crippen MR) is 94.2 cm³/mol. The molecule has 0 spiro atoms. The zero-order chi connectivity index (χ0) is 15.0. The normalized spacial score (nSPS) is 21.0. The van der Waals surface area contributed by atoms with Crippen molar-refractivity contribution in [3.05, 3.63) is 63.1 Å². The highest BCUT2D eigenvalue weighted by Crippen LogP contribution is 2.40. The second kappa shape index (κ2) is 5.84. The lowest BCUT2D eigenvalue weighted by atomic mass is 9.74. The summed E-state index contributed by atoms with van der Waals surface area (Å²) < 4.78 is 1.16. The fourth-order valence-corrected chi connectivity index (χ4v) is 4.06. The Bertz CT molecular complexity index is 633. The minimum absolute atomic E-state index is 0.605. The molecule has 0 aromatic heterocycles. The van der Waals surface area contributed by atoms with Crippen LogP contribution in [-0.2, 0) is 0 Å². The molecule has 1 aliphatic rings. The molecule has 0 radical (unpaired) electrons. The van der Waals surface area contributed by atoms with Crippen molar-refractivity contribution in [2.24, 2.45) is 0 Å². The molecule has 110 valence electrons. The maximum absolute atomic E-state index is 3.74. The van der Waals surface area contributed by atoms with Crippen molar-refractivity contribution >= 4 is 21.6 Å². The largest absolute Gasteiger partial charge is 0.382 e. The molecule has 1 N–H and O–H groups in total. The Labute approximate surface area is 135 Å². The van der Waals surface area contributed by atoms with Crippen LogP contribution in [0.25, 0.3) is 0 Å². The van der Waals surface area contributed by atoms with Crippen LogP contribution >= 0.6 is 15.9 Å². The summed E-state index contributed by atoms with van der Waals surface area (Å²) in [6, 6.07) is 13.8. The van der Waals surface area contributed by atoms with Crippen LogP contribution in [-0.4, -0.2) is 6.04 Å². The van der Waals surface area contributed by atoms with Gasteiger partial charge in [0, 0.05) is 16.2 Å². The Morgan fingerprint density at radius 2 is 1.57 bits per heavy atom. The maximum Gasteiger partial charge on any atom is 0.0402 e. The fourth-order valence-electron chi connectivity index (χ4n) is 3.38. The molecule has 0 atom stereocenters. The van der Waals surface area contributed by atoms with Crippen LogP contribution in [0.5, 0.6) is 0 Å². The Morgan fingerprint density at radius 3 is 2.19 bits per heavy atom. The highest BCUT2D eigenvalue weighted by molar-refractivity contribution is 9.10. The van der Waals surface area contributed by atoms with Gasteiger partial charge in [-0.25, -0.2) is 0 Å². The summed E-state index contributed by atoms with van der Waals surface area (Å²) in [4.78, 5) is 0. The number of rotatable bonds is 3. The van der Waals surface area contributed by atoms with Gasteiger partial charge in [-0.15, -0.1) is 0 Å². The van der Waals surface area contributed by atoms with Gasteiger partial charge in [-0.3, -0.25) is 0 Å². The smallest absolute Gasteiger partial charge is 0.0402 e. The van der Waals surface area contributed by atoms with Crippen LogP contribution in [0.1, 0.15) is 41.0 Å². The van der Waals surface area contributed by atoms with Gasteiger partial charge < -0.3 is 5.32 Å². The van der Waals surface area contributed by atoms with Crippen molar-refractivity contribution in [3.63, 3.8) is 0 Å². The monoisotopic (exact) mass is 343 g/mol. The van der Waals surface area contributed by atoms with Gasteiger partial charge >= 0.3 is 0 Å². The van der Waals surface area contributed by atoms with E-state index in [0.717, 1.165) is 10.4 Å². The Morgan fingerprint density at radius 1 is 0.952 bits per heavy atom. The number of halogens is 1. The average molecular weight is 344 g/mol. The standard InChI is InChI=1S/C19H22BrN/c1-12-6-4-5-7-18(12)15-10-17(11-15)21-19-13(2)8-16(20)9-14(19)3/h4-9,15,17,21H,10-11H2,1-3H3. The number of anilines is 1. The molecule has 1 aliphatic carbocycles. The highest BCUT2D eigenvalue weighted by atomic mass is 79.9. The Balaban J connectivity index is 1.67. The second-order valence-electron chi connectivity index (χ2n) is 6.28. The van der Waals surface area contributed by atoms with Gasteiger partial charge in [-0.1, -0.05) is 40.2 Å². The molecule has 0 aliphatic heterocycles. The van der Waals surface area contributed by atoms with E-state index in [0.29, 0.717) is 6.04 Å². The Kier molecular flexibility index (Phi) is 4.08. The first-order chi connectivity index (χ1) is 10.0. The van der Waals surface area contributed by atoms with Crippen LogP contribution in [0.4, 0.5) is 5.69 Å². The molecule has 2 aromatic rings. The number of hydrogen-bond donors (Lipinski definition) is 1. The summed E-state index contributed by atoms with van der Waals surface area (Å²) in [5.74, 6) is 0.722. The average Bonchev–Trinajstić information content (AvgIpc) is 2.37. The van der Waals surface area contributed by atoms with Crippen molar-refractivity contribution in [1.29, 1.82) is 0 Å². The summed E-state index contributed by atoms with van der Waals surface area (Å²) in [7, 11) is 0. The minimum Gasteiger partial charge on any atom is -0.382 e. The molecule has 2 heteroatoms. The molecule has 0 saturated heterocycles. The van der Waals surface area contributed by atoms with Gasteiger partial charge in [0.1, 0.15) is 0 Å². The van der Waals surface area contributed by atoms with Crippen molar-refractivity contribution < 1.29 is 0 Å². The molecule has 1 saturated carbocycles. The SMILES string of the molecule is Cc1ccccc1C1CC(Nc2c(C)cc(Br)cc2C)C1. The lowest BCUT2D eigenvalue weighted by Crippen LogP contribution is -2.34. The summed E-state index contributed by atoms with van der Waals surface area (Å²) in [6.45, 7) is 6.58. The molecule has 21 heavy (non-hydrogen) atoms. The highest BCUT2D eigenvalue weighted by Gasteiger charge is 2.31. The van der Waals surface area contributed by atoms with E-state index in [1.54, 1.807) is 0 Å². The maximum atomic E-state index is 3.74. The molecule has 3 rings (SSSR count). The van der Waals surface area contributed by atoms with Crippen molar-refractivity contribution in [2.45, 2.75) is 45.6 Å². The first kappa shape index (κ1) is 14.6. The molecule has 1 nitrogen and oxygen atoms in total. The van der Waals surface area contributed by atoms with E-state index >= 15 is 0 Å². The lowest BCUT2D eigenvalue weighted by Gasteiger charge is -2.38. The first-order valence-corrected chi connectivity index (χ1v) is 8.42. The molecular weight excluding hydrogens is 322 g/mol. The topological polar surface area (TPSA) is 12.0 Å². The molecule has 0 bridgehead atoms. The van der Waals surface area contributed by atoms with Crippen LogP contribution < -0.4 is 5.32 Å². The van der Waals surface area contributed by atoms with Crippen molar-refractivity contribution in [3.8, 4) is 0 Å². The number of benzene rings is 2. The van der Waals surface area contributed by atoms with E-state index in [2.05, 4.69) is 78.4 Å². The molecule has 2 aromatic carbocycles. The molecule has 0 unspecified atom stereocenters. The zero-order valence-electron chi connectivity index (χ0n) is 12.9. The minimum atomic E-state index is 0.605. The second-order valence-corrected chi connectivity index (χ2v) is 7.20. The summed E-state index contributed by atoms with van der Waals surface area (Å²) in [5.41, 5.74) is 6.91. The van der Waals surface area contributed by atoms with Crippen LogP contribution in [0.3, 0.4) is 0 Å². The van der Waals surface area contributed by atoms with Gasteiger partial charge in [0.05, 0.1) is 0 Å². The van der Waals surface area contributed by atoms with Gasteiger partial charge in [0.15, 0.2) is 0 Å². The number of hydrogen-bond acceptors (Lipinski definition) is 1. The van der Waals surface area contributed by atoms with Gasteiger partial charge in [0.25, 0.3) is 0 Å². The van der Waals surface area contributed by atoms with E-state index in [-0.39, 0.29) is 0 Å². The molecule has 0 amide bonds. The van der Waals surface area contributed by atoms with Gasteiger partial charge in [-0.05, 0) is 73.9 Å². The molecule has 0 heterocycles. The predicted octanol–water partition coefficient (Wildman–Crippen LogP) is 5.73. The van der Waals surface area contributed by atoms with E-state index < -0.39 is 0 Å². The fraction of sp³-hybridized carbons (Fsp3) is 0.368. The van der Waals surface area contributed by atoms with Gasteiger partial charge in [0.2, 0.25) is 0 Å². The van der Waals surface area contributed by atoms with Crippen LogP contribution in [0, 0.1) is 20.8 Å². The summed E-state index contributed by atoms with van der Waals surface area (Å²) in [5, 5.41) is 3.74. The lowest BCUT2D eigenvalue weighted by molar-refractivity contribution is 0.373.